The molecule has 3 nitrogen and oxygen atoms in total. The van der Waals surface area contributed by atoms with Crippen LogP contribution >= 0.6 is 0 Å². The molecule has 0 amide bonds. The van der Waals surface area contributed by atoms with Crippen LogP contribution in [0.1, 0.15) is 17.7 Å². The van der Waals surface area contributed by atoms with Crippen molar-refractivity contribution in [2.24, 2.45) is 0 Å². The molecule has 0 aliphatic rings. The van der Waals surface area contributed by atoms with Crippen molar-refractivity contribution in [1.29, 1.82) is 0 Å². The zero-order chi connectivity index (χ0) is 9.97. The molecule has 0 aliphatic carbocycles. The van der Waals surface area contributed by atoms with E-state index in [9.17, 15) is 4.79 Å². The second-order valence-corrected chi connectivity index (χ2v) is 3.26. The predicted octanol–water partition coefficient (Wildman–Crippen LogP) is 2.27. The summed E-state index contributed by atoms with van der Waals surface area (Å²) in [7, 11) is 0. The molecule has 2 rings (SSSR count). The van der Waals surface area contributed by atoms with Crippen molar-refractivity contribution in [3.63, 3.8) is 0 Å². The Bertz CT molecular complexity index is 459. The zero-order valence-electron chi connectivity index (χ0n) is 7.99. The van der Waals surface area contributed by atoms with Crippen molar-refractivity contribution < 1.29 is 9.32 Å². The van der Waals surface area contributed by atoms with Gasteiger partial charge in [0, 0.05) is 11.8 Å². The summed E-state index contributed by atoms with van der Waals surface area (Å²) in [6.07, 6.45) is 2.23. The van der Waals surface area contributed by atoms with E-state index >= 15 is 0 Å². The molecule has 0 atom stereocenters. The van der Waals surface area contributed by atoms with E-state index in [0.29, 0.717) is 6.42 Å². The minimum Gasteiger partial charge on any atom is -0.356 e. The SMILES string of the molecule is Cc1noc2cccc(CCC=O)c12. The van der Waals surface area contributed by atoms with Gasteiger partial charge in [-0.15, -0.1) is 0 Å². The van der Waals surface area contributed by atoms with Crippen LogP contribution in [0.2, 0.25) is 0 Å². The van der Waals surface area contributed by atoms with Gasteiger partial charge >= 0.3 is 0 Å². The molecule has 2 aromatic rings. The highest BCUT2D eigenvalue weighted by molar-refractivity contribution is 5.83. The molecule has 1 aromatic carbocycles. The lowest BCUT2D eigenvalue weighted by molar-refractivity contribution is -0.107. The van der Waals surface area contributed by atoms with E-state index < -0.39 is 0 Å². The number of rotatable bonds is 3. The van der Waals surface area contributed by atoms with Crippen LogP contribution in [0.25, 0.3) is 11.0 Å². The summed E-state index contributed by atoms with van der Waals surface area (Å²) < 4.78 is 5.13. The Hall–Kier alpha value is -1.64. The molecule has 0 radical (unpaired) electrons. The summed E-state index contributed by atoms with van der Waals surface area (Å²) in [6.45, 7) is 1.91. The topological polar surface area (TPSA) is 43.1 Å². The van der Waals surface area contributed by atoms with Gasteiger partial charge in [0.05, 0.1) is 5.69 Å². The van der Waals surface area contributed by atoms with Crippen LogP contribution in [-0.4, -0.2) is 11.4 Å². The fourth-order valence-electron chi connectivity index (χ4n) is 1.65. The summed E-state index contributed by atoms with van der Waals surface area (Å²) in [4.78, 5) is 10.3. The van der Waals surface area contributed by atoms with Crippen LogP contribution in [-0.2, 0) is 11.2 Å². The van der Waals surface area contributed by atoms with Gasteiger partial charge in [0.2, 0.25) is 0 Å². The first-order valence-corrected chi connectivity index (χ1v) is 4.60. The Labute approximate surface area is 81.7 Å². The van der Waals surface area contributed by atoms with Crippen molar-refractivity contribution in [1.82, 2.24) is 5.16 Å². The molecule has 1 heterocycles. The van der Waals surface area contributed by atoms with Crippen LogP contribution < -0.4 is 0 Å². The van der Waals surface area contributed by atoms with Crippen LogP contribution in [0.4, 0.5) is 0 Å². The maximum atomic E-state index is 10.3. The number of carbonyl (C=O) groups excluding carboxylic acids is 1. The third-order valence-electron chi connectivity index (χ3n) is 2.29. The lowest BCUT2D eigenvalue weighted by atomic mass is 10.0. The molecule has 0 N–H and O–H groups in total. The van der Waals surface area contributed by atoms with Gasteiger partial charge in [-0.2, -0.15) is 0 Å². The van der Waals surface area contributed by atoms with Crippen molar-refractivity contribution in [3.05, 3.63) is 29.5 Å². The van der Waals surface area contributed by atoms with E-state index in [1.165, 1.54) is 0 Å². The molecule has 72 valence electrons. The van der Waals surface area contributed by atoms with Crippen molar-refractivity contribution >= 4 is 17.3 Å². The highest BCUT2D eigenvalue weighted by atomic mass is 16.5. The normalized spacial score (nSPS) is 10.6. The fraction of sp³-hybridized carbons (Fsp3) is 0.273. The molecule has 0 fully saturated rings. The predicted molar refractivity (Wildman–Crippen MR) is 53.1 cm³/mol. The van der Waals surface area contributed by atoms with Crippen molar-refractivity contribution in [2.75, 3.05) is 0 Å². The van der Waals surface area contributed by atoms with E-state index in [0.717, 1.165) is 34.9 Å². The number of nitrogens with zero attached hydrogens (tertiary/aromatic N) is 1. The number of aryl methyl sites for hydroxylation is 2. The molecule has 0 saturated carbocycles. The van der Waals surface area contributed by atoms with Crippen LogP contribution in [0, 0.1) is 6.92 Å². The van der Waals surface area contributed by atoms with Crippen molar-refractivity contribution in [2.45, 2.75) is 19.8 Å². The average molecular weight is 189 g/mol. The van der Waals surface area contributed by atoms with Gasteiger partial charge < -0.3 is 9.32 Å². The van der Waals surface area contributed by atoms with E-state index in [1.54, 1.807) is 0 Å². The van der Waals surface area contributed by atoms with Gasteiger partial charge in [0.25, 0.3) is 0 Å². The Balaban J connectivity index is 2.51. The molecule has 14 heavy (non-hydrogen) atoms. The molecule has 0 unspecified atom stereocenters. The largest absolute Gasteiger partial charge is 0.356 e. The highest BCUT2D eigenvalue weighted by Gasteiger charge is 2.07. The van der Waals surface area contributed by atoms with Gasteiger partial charge in [-0.1, -0.05) is 17.3 Å². The van der Waals surface area contributed by atoms with Gasteiger partial charge in [-0.05, 0) is 25.0 Å². The minimum atomic E-state index is 0.545. The van der Waals surface area contributed by atoms with Gasteiger partial charge in [0.15, 0.2) is 5.58 Å². The smallest absolute Gasteiger partial charge is 0.167 e. The van der Waals surface area contributed by atoms with Crippen LogP contribution in [0.5, 0.6) is 0 Å². The maximum absolute atomic E-state index is 10.3. The lowest BCUT2D eigenvalue weighted by Crippen LogP contribution is -1.87. The van der Waals surface area contributed by atoms with E-state index in [-0.39, 0.29) is 0 Å². The van der Waals surface area contributed by atoms with E-state index in [2.05, 4.69) is 5.16 Å². The van der Waals surface area contributed by atoms with Crippen molar-refractivity contribution in [3.8, 4) is 0 Å². The van der Waals surface area contributed by atoms with Crippen LogP contribution in [0.15, 0.2) is 22.7 Å². The van der Waals surface area contributed by atoms with Gasteiger partial charge in [0.1, 0.15) is 6.29 Å². The molecular weight excluding hydrogens is 178 g/mol. The molecular formula is C11H11NO2. The highest BCUT2D eigenvalue weighted by Crippen LogP contribution is 2.22. The summed E-state index contributed by atoms with van der Waals surface area (Å²) in [5.74, 6) is 0. The van der Waals surface area contributed by atoms with Gasteiger partial charge in [-0.25, -0.2) is 0 Å². The lowest BCUT2D eigenvalue weighted by Gasteiger charge is -1.98. The Morgan fingerprint density at radius 3 is 3.14 bits per heavy atom. The third kappa shape index (κ3) is 1.41. The number of carbonyl (C=O) groups is 1. The monoisotopic (exact) mass is 189 g/mol. The van der Waals surface area contributed by atoms with E-state index in [4.69, 9.17) is 4.52 Å². The number of benzene rings is 1. The second kappa shape index (κ2) is 3.62. The Morgan fingerprint density at radius 2 is 2.36 bits per heavy atom. The molecule has 0 aliphatic heterocycles. The fourth-order valence-corrected chi connectivity index (χ4v) is 1.65. The number of hydrogen-bond acceptors (Lipinski definition) is 3. The number of aldehydes is 1. The minimum absolute atomic E-state index is 0.545. The summed E-state index contributed by atoms with van der Waals surface area (Å²) in [5.41, 5.74) is 2.82. The number of hydrogen-bond donors (Lipinski definition) is 0. The second-order valence-electron chi connectivity index (χ2n) is 3.26. The molecule has 3 heteroatoms. The third-order valence-corrected chi connectivity index (χ3v) is 2.29. The number of fused-ring (bicyclic) bond motifs is 1. The molecule has 0 bridgehead atoms. The Morgan fingerprint density at radius 1 is 1.50 bits per heavy atom. The first-order chi connectivity index (χ1) is 6.83. The first kappa shape index (κ1) is 8.94. The Kier molecular flexibility index (Phi) is 2.31. The summed E-state index contributed by atoms with van der Waals surface area (Å²) in [6, 6.07) is 5.82. The molecule has 0 spiro atoms. The summed E-state index contributed by atoms with van der Waals surface area (Å²) in [5, 5.41) is 4.95. The molecule has 0 saturated heterocycles. The number of aromatic nitrogens is 1. The average Bonchev–Trinajstić information content (AvgIpc) is 2.58. The standard InChI is InChI=1S/C11H11NO2/c1-8-11-9(5-3-7-13)4-2-6-10(11)14-12-8/h2,4,6-7H,3,5H2,1H3. The molecule has 1 aromatic heterocycles. The van der Waals surface area contributed by atoms with Crippen LogP contribution in [0.3, 0.4) is 0 Å². The van der Waals surface area contributed by atoms with E-state index in [1.807, 2.05) is 25.1 Å². The summed E-state index contributed by atoms with van der Waals surface area (Å²) >= 11 is 0. The quantitative estimate of drug-likeness (QED) is 0.695. The first-order valence-electron chi connectivity index (χ1n) is 4.60. The van der Waals surface area contributed by atoms with Gasteiger partial charge in [-0.3, -0.25) is 0 Å². The maximum Gasteiger partial charge on any atom is 0.167 e. The zero-order valence-corrected chi connectivity index (χ0v) is 7.99.